The van der Waals surface area contributed by atoms with Crippen LogP contribution in [0.15, 0.2) is 48.5 Å². The van der Waals surface area contributed by atoms with Gasteiger partial charge in [-0.1, -0.05) is 30.3 Å². The number of nitrogens with zero attached hydrogens (tertiary/aromatic N) is 1. The number of hydrogen-bond acceptors (Lipinski definition) is 5. The van der Waals surface area contributed by atoms with Crippen molar-refractivity contribution in [3.8, 4) is 5.75 Å². The Morgan fingerprint density at radius 3 is 2.74 bits per heavy atom. The summed E-state index contributed by atoms with van der Waals surface area (Å²) in [5, 5.41) is 3.46. The van der Waals surface area contributed by atoms with E-state index in [-0.39, 0.29) is 24.0 Å². The first-order chi connectivity index (χ1) is 15.1. The Labute approximate surface area is 183 Å². The molecule has 1 unspecified atom stereocenters. The zero-order valence-corrected chi connectivity index (χ0v) is 18.0. The topological polar surface area (TPSA) is 67.9 Å². The molecule has 1 amide bonds. The maximum absolute atomic E-state index is 12.5. The molecule has 0 spiro atoms. The fraction of sp³-hybridized carbons (Fsp3) is 0.440. The first-order valence-electron chi connectivity index (χ1n) is 11.1. The molecule has 2 aromatic carbocycles. The number of hydrogen-bond donors (Lipinski definition) is 1. The van der Waals surface area contributed by atoms with E-state index in [1.807, 2.05) is 35.2 Å². The zero-order valence-electron chi connectivity index (χ0n) is 18.0. The number of esters is 1. The molecule has 2 aliphatic heterocycles. The number of benzene rings is 2. The highest BCUT2D eigenvalue weighted by molar-refractivity contribution is 5.89. The van der Waals surface area contributed by atoms with Crippen LogP contribution in [0.1, 0.15) is 47.2 Å². The summed E-state index contributed by atoms with van der Waals surface area (Å²) >= 11 is 0. The van der Waals surface area contributed by atoms with Crippen molar-refractivity contribution in [1.29, 1.82) is 0 Å². The van der Waals surface area contributed by atoms with Gasteiger partial charge in [0.1, 0.15) is 11.9 Å². The molecule has 0 saturated carbocycles. The third-order valence-electron chi connectivity index (χ3n) is 6.21. The number of rotatable bonds is 8. The Bertz CT molecular complexity index is 912. The maximum atomic E-state index is 12.5. The summed E-state index contributed by atoms with van der Waals surface area (Å²) in [5.74, 6) is 0.878. The van der Waals surface area contributed by atoms with Crippen LogP contribution in [0.5, 0.6) is 5.75 Å². The highest BCUT2D eigenvalue weighted by Crippen LogP contribution is 2.29. The van der Waals surface area contributed by atoms with Gasteiger partial charge in [-0.3, -0.25) is 4.79 Å². The van der Waals surface area contributed by atoms with Gasteiger partial charge in [0.25, 0.3) is 0 Å². The third-order valence-corrected chi connectivity index (χ3v) is 6.21. The largest absolute Gasteiger partial charge is 0.488 e. The summed E-state index contributed by atoms with van der Waals surface area (Å²) in [7, 11) is 1.38. The quantitative estimate of drug-likeness (QED) is 0.522. The van der Waals surface area contributed by atoms with Gasteiger partial charge in [0.15, 0.2) is 0 Å². The molecule has 2 atom stereocenters. The smallest absolute Gasteiger partial charge is 0.337 e. The first-order valence-corrected chi connectivity index (χ1v) is 11.1. The number of likely N-dealkylation sites (tertiary alicyclic amines) is 1. The Morgan fingerprint density at radius 1 is 1.13 bits per heavy atom. The Balaban J connectivity index is 1.24. The van der Waals surface area contributed by atoms with Crippen LogP contribution in [-0.2, 0) is 22.5 Å². The van der Waals surface area contributed by atoms with Crippen molar-refractivity contribution in [1.82, 2.24) is 10.2 Å². The van der Waals surface area contributed by atoms with Crippen LogP contribution in [0.4, 0.5) is 0 Å². The number of para-hydroxylation sites is 1. The Morgan fingerprint density at radius 2 is 1.94 bits per heavy atom. The SMILES string of the molecule is COC(=O)c1ccc(CNCCC2CCC(=O)N2C[C@H]2CCc3ccccc3O2)cc1. The lowest BCUT2D eigenvalue weighted by Gasteiger charge is -2.32. The van der Waals surface area contributed by atoms with E-state index >= 15 is 0 Å². The lowest BCUT2D eigenvalue weighted by Crippen LogP contribution is -2.43. The van der Waals surface area contributed by atoms with Gasteiger partial charge in [-0.2, -0.15) is 0 Å². The van der Waals surface area contributed by atoms with E-state index in [9.17, 15) is 9.59 Å². The summed E-state index contributed by atoms with van der Waals surface area (Å²) < 4.78 is 10.9. The second-order valence-electron chi connectivity index (χ2n) is 8.28. The minimum Gasteiger partial charge on any atom is -0.488 e. The van der Waals surface area contributed by atoms with Crippen molar-refractivity contribution in [2.45, 2.75) is 50.8 Å². The fourth-order valence-corrected chi connectivity index (χ4v) is 4.45. The molecule has 164 valence electrons. The average Bonchev–Trinajstić information content (AvgIpc) is 3.15. The van der Waals surface area contributed by atoms with Crippen molar-refractivity contribution in [3.63, 3.8) is 0 Å². The standard InChI is InChI=1S/C25H30N2O4/c1-30-25(29)20-8-6-18(7-9-20)16-26-15-14-21-11-13-24(28)27(21)17-22-12-10-19-4-2-3-5-23(19)31-22/h2-9,21-22,26H,10-17H2,1H3/t21?,22-/m1/s1. The minimum absolute atomic E-state index is 0.0701. The highest BCUT2D eigenvalue weighted by atomic mass is 16.5. The van der Waals surface area contributed by atoms with Crippen LogP contribution in [0.2, 0.25) is 0 Å². The average molecular weight is 423 g/mol. The van der Waals surface area contributed by atoms with Gasteiger partial charge in [-0.05, 0) is 61.6 Å². The van der Waals surface area contributed by atoms with Gasteiger partial charge < -0.3 is 19.7 Å². The number of nitrogens with one attached hydrogen (secondary N) is 1. The zero-order chi connectivity index (χ0) is 21.6. The van der Waals surface area contributed by atoms with Crippen LogP contribution in [0.25, 0.3) is 0 Å². The molecule has 1 N–H and O–H groups in total. The number of aryl methyl sites for hydroxylation is 1. The van der Waals surface area contributed by atoms with E-state index < -0.39 is 0 Å². The van der Waals surface area contributed by atoms with Crippen LogP contribution >= 0.6 is 0 Å². The number of carbonyl (C=O) groups excluding carboxylic acids is 2. The number of ether oxygens (including phenoxy) is 2. The molecule has 0 radical (unpaired) electrons. The molecule has 2 heterocycles. The molecule has 1 saturated heterocycles. The molecular weight excluding hydrogens is 392 g/mol. The van der Waals surface area contributed by atoms with Crippen LogP contribution in [0, 0.1) is 0 Å². The van der Waals surface area contributed by atoms with Crippen molar-refractivity contribution >= 4 is 11.9 Å². The number of amides is 1. The van der Waals surface area contributed by atoms with E-state index in [1.165, 1.54) is 12.7 Å². The number of methoxy groups -OCH3 is 1. The van der Waals surface area contributed by atoms with E-state index in [0.717, 1.165) is 50.1 Å². The van der Waals surface area contributed by atoms with Gasteiger partial charge in [0.05, 0.1) is 19.2 Å². The lowest BCUT2D eigenvalue weighted by molar-refractivity contribution is -0.130. The summed E-state index contributed by atoms with van der Waals surface area (Å²) in [6, 6.07) is 15.9. The van der Waals surface area contributed by atoms with Gasteiger partial charge in [0.2, 0.25) is 5.91 Å². The monoisotopic (exact) mass is 422 g/mol. The van der Waals surface area contributed by atoms with Crippen molar-refractivity contribution in [2.75, 3.05) is 20.2 Å². The minimum atomic E-state index is -0.323. The van der Waals surface area contributed by atoms with Gasteiger partial charge in [-0.25, -0.2) is 4.79 Å². The predicted molar refractivity (Wildman–Crippen MR) is 118 cm³/mol. The van der Waals surface area contributed by atoms with E-state index in [1.54, 1.807) is 12.1 Å². The van der Waals surface area contributed by atoms with E-state index in [4.69, 9.17) is 9.47 Å². The van der Waals surface area contributed by atoms with Gasteiger partial charge >= 0.3 is 5.97 Å². The van der Waals surface area contributed by atoms with Crippen LogP contribution < -0.4 is 10.1 Å². The molecule has 0 bridgehead atoms. The van der Waals surface area contributed by atoms with Crippen molar-refractivity contribution in [2.24, 2.45) is 0 Å². The van der Waals surface area contributed by atoms with Gasteiger partial charge in [0, 0.05) is 19.0 Å². The van der Waals surface area contributed by atoms with Crippen molar-refractivity contribution < 1.29 is 19.1 Å². The van der Waals surface area contributed by atoms with E-state index in [0.29, 0.717) is 18.5 Å². The predicted octanol–water partition coefficient (Wildman–Crippen LogP) is 3.34. The molecule has 0 aromatic heterocycles. The molecule has 6 nitrogen and oxygen atoms in total. The second-order valence-corrected chi connectivity index (χ2v) is 8.28. The van der Waals surface area contributed by atoms with Crippen molar-refractivity contribution in [3.05, 3.63) is 65.2 Å². The molecule has 2 aliphatic rings. The van der Waals surface area contributed by atoms with E-state index in [2.05, 4.69) is 11.4 Å². The second kappa shape index (κ2) is 9.96. The molecule has 0 aliphatic carbocycles. The molecule has 6 heteroatoms. The Kier molecular flexibility index (Phi) is 6.87. The van der Waals surface area contributed by atoms with Crippen LogP contribution in [0.3, 0.4) is 0 Å². The molecule has 31 heavy (non-hydrogen) atoms. The molecule has 2 aromatic rings. The normalized spacial score (nSPS) is 20.3. The van der Waals surface area contributed by atoms with Gasteiger partial charge in [-0.15, -0.1) is 0 Å². The Hall–Kier alpha value is -2.86. The third kappa shape index (κ3) is 5.25. The van der Waals surface area contributed by atoms with Crippen LogP contribution in [-0.4, -0.2) is 49.1 Å². The molecule has 1 fully saturated rings. The highest BCUT2D eigenvalue weighted by Gasteiger charge is 2.33. The molecule has 4 rings (SSSR count). The first kappa shape index (κ1) is 21.4. The summed E-state index contributed by atoms with van der Waals surface area (Å²) in [4.78, 5) is 26.0. The number of carbonyl (C=O) groups is 2. The fourth-order valence-electron chi connectivity index (χ4n) is 4.45. The maximum Gasteiger partial charge on any atom is 0.337 e. The summed E-state index contributed by atoms with van der Waals surface area (Å²) in [6.45, 7) is 2.24. The summed E-state index contributed by atoms with van der Waals surface area (Å²) in [5.41, 5.74) is 2.92. The lowest BCUT2D eigenvalue weighted by atomic mass is 10.0. The number of fused-ring (bicyclic) bond motifs is 1. The molecular formula is C25H30N2O4. The summed E-state index contributed by atoms with van der Waals surface area (Å²) in [6.07, 6.45) is 4.49.